The molecule has 1 aliphatic heterocycles. The van der Waals surface area contributed by atoms with Crippen molar-refractivity contribution < 1.29 is 4.74 Å². The summed E-state index contributed by atoms with van der Waals surface area (Å²) >= 11 is 0. The highest BCUT2D eigenvalue weighted by Crippen LogP contribution is 2.61. The molecule has 1 aliphatic carbocycles. The molecule has 1 unspecified atom stereocenters. The molecular formula is C37H23N3O. The van der Waals surface area contributed by atoms with E-state index < -0.39 is 5.41 Å². The number of aromatic nitrogens is 2. The molecular weight excluding hydrogens is 502 g/mol. The van der Waals surface area contributed by atoms with Gasteiger partial charge in [-0.2, -0.15) is 5.26 Å². The van der Waals surface area contributed by atoms with Gasteiger partial charge < -0.3 is 4.74 Å². The van der Waals surface area contributed by atoms with Crippen LogP contribution in [0.3, 0.4) is 0 Å². The van der Waals surface area contributed by atoms with Crippen molar-refractivity contribution in [1.29, 1.82) is 5.26 Å². The minimum Gasteiger partial charge on any atom is -0.457 e. The molecule has 4 heteroatoms. The molecule has 0 bridgehead atoms. The number of fused-ring (bicyclic) bond motifs is 5. The first-order valence-corrected chi connectivity index (χ1v) is 13.7. The van der Waals surface area contributed by atoms with E-state index in [0.717, 1.165) is 67.4 Å². The third kappa shape index (κ3) is 3.39. The Kier molecular flexibility index (Phi) is 4.98. The number of hydrogen-bond acceptors (Lipinski definition) is 4. The first-order valence-electron chi connectivity index (χ1n) is 13.7. The van der Waals surface area contributed by atoms with Gasteiger partial charge in [0.25, 0.3) is 0 Å². The van der Waals surface area contributed by atoms with Crippen molar-refractivity contribution in [2.75, 3.05) is 0 Å². The fourth-order valence-electron chi connectivity index (χ4n) is 6.52. The summed E-state index contributed by atoms with van der Waals surface area (Å²) in [6.45, 7) is 2.22. The summed E-state index contributed by atoms with van der Waals surface area (Å²) in [4.78, 5) is 10.0. The standard InChI is InChI=1S/C37H23N3O/c1-37-29-19-18-25(31-21-30(23-10-4-2-5-11-23)39-36(40-31)24-12-6-3-7-13-24)20-28(29)27-15-9-17-33(35(27)37)41-32-16-8-14-26(22-38)34(32)37/h2-21H,1H3. The molecule has 5 aromatic carbocycles. The molecule has 2 heterocycles. The Morgan fingerprint density at radius 2 is 1.27 bits per heavy atom. The lowest BCUT2D eigenvalue weighted by Crippen LogP contribution is -2.28. The molecule has 4 nitrogen and oxygen atoms in total. The monoisotopic (exact) mass is 525 g/mol. The van der Waals surface area contributed by atoms with Crippen molar-refractivity contribution in [2.24, 2.45) is 0 Å². The summed E-state index contributed by atoms with van der Waals surface area (Å²) in [6.07, 6.45) is 0. The maximum Gasteiger partial charge on any atom is 0.160 e. The Hall–Kier alpha value is -5.53. The molecule has 6 aromatic rings. The molecule has 0 spiro atoms. The van der Waals surface area contributed by atoms with E-state index in [1.54, 1.807) is 0 Å². The maximum absolute atomic E-state index is 10.0. The molecule has 8 rings (SSSR count). The van der Waals surface area contributed by atoms with E-state index in [-0.39, 0.29) is 0 Å². The molecule has 0 radical (unpaired) electrons. The second-order valence-corrected chi connectivity index (χ2v) is 10.7. The van der Waals surface area contributed by atoms with E-state index >= 15 is 0 Å². The number of nitrogens with zero attached hydrogens (tertiary/aromatic N) is 3. The van der Waals surface area contributed by atoms with Gasteiger partial charge in [0.1, 0.15) is 11.5 Å². The topological polar surface area (TPSA) is 58.8 Å². The largest absolute Gasteiger partial charge is 0.457 e. The lowest BCUT2D eigenvalue weighted by Gasteiger charge is -2.35. The van der Waals surface area contributed by atoms with Gasteiger partial charge in [0.15, 0.2) is 5.82 Å². The van der Waals surface area contributed by atoms with Crippen LogP contribution in [0.2, 0.25) is 0 Å². The fourth-order valence-corrected chi connectivity index (χ4v) is 6.52. The van der Waals surface area contributed by atoms with Gasteiger partial charge in [-0.1, -0.05) is 91.0 Å². The van der Waals surface area contributed by atoms with Gasteiger partial charge in [-0.3, -0.25) is 0 Å². The third-order valence-corrected chi connectivity index (χ3v) is 8.36. The maximum atomic E-state index is 10.0. The Morgan fingerprint density at radius 1 is 0.610 bits per heavy atom. The van der Waals surface area contributed by atoms with Gasteiger partial charge >= 0.3 is 0 Å². The van der Waals surface area contributed by atoms with Crippen LogP contribution in [0, 0.1) is 11.3 Å². The average molecular weight is 526 g/mol. The van der Waals surface area contributed by atoms with Crippen molar-refractivity contribution in [1.82, 2.24) is 9.97 Å². The zero-order valence-electron chi connectivity index (χ0n) is 22.3. The smallest absolute Gasteiger partial charge is 0.160 e. The van der Waals surface area contributed by atoms with Gasteiger partial charge in [0, 0.05) is 27.8 Å². The first-order chi connectivity index (χ1) is 20.1. The van der Waals surface area contributed by atoms with Gasteiger partial charge in [0.2, 0.25) is 0 Å². The van der Waals surface area contributed by atoms with Gasteiger partial charge in [-0.05, 0) is 53.9 Å². The predicted molar refractivity (Wildman–Crippen MR) is 161 cm³/mol. The summed E-state index contributed by atoms with van der Waals surface area (Å²) in [6, 6.07) is 43.3. The van der Waals surface area contributed by atoms with Crippen LogP contribution in [-0.4, -0.2) is 9.97 Å². The number of hydrogen-bond donors (Lipinski definition) is 0. The SMILES string of the molecule is CC12c3ccc(-c4cc(-c5ccccc5)nc(-c5ccccc5)n4)cc3-c3cccc(c31)Oc1cccc(C#N)c12. The number of ether oxygens (including phenoxy) is 1. The van der Waals surface area contributed by atoms with E-state index in [0.29, 0.717) is 11.4 Å². The van der Waals surface area contributed by atoms with Crippen molar-refractivity contribution >= 4 is 0 Å². The van der Waals surface area contributed by atoms with Crippen LogP contribution in [-0.2, 0) is 5.41 Å². The van der Waals surface area contributed by atoms with Crippen LogP contribution < -0.4 is 4.74 Å². The molecule has 41 heavy (non-hydrogen) atoms. The van der Waals surface area contributed by atoms with Crippen LogP contribution in [0.15, 0.2) is 121 Å². The number of nitriles is 1. The molecule has 0 N–H and O–H groups in total. The van der Waals surface area contributed by atoms with E-state index in [1.807, 2.05) is 78.9 Å². The van der Waals surface area contributed by atoms with Crippen LogP contribution in [0.25, 0.3) is 45.0 Å². The van der Waals surface area contributed by atoms with Crippen LogP contribution >= 0.6 is 0 Å². The average Bonchev–Trinajstić information content (AvgIpc) is 3.30. The molecule has 192 valence electrons. The second kappa shape index (κ2) is 8.74. The van der Waals surface area contributed by atoms with E-state index in [4.69, 9.17) is 14.7 Å². The third-order valence-electron chi connectivity index (χ3n) is 8.36. The lowest BCUT2D eigenvalue weighted by atomic mass is 9.70. The Labute approximate surface area is 238 Å². The molecule has 2 aliphatic rings. The predicted octanol–water partition coefficient (Wildman–Crippen LogP) is 8.79. The summed E-state index contributed by atoms with van der Waals surface area (Å²) in [5.41, 5.74) is 10.3. The quantitative estimate of drug-likeness (QED) is 0.232. The minimum atomic E-state index is -0.504. The summed E-state index contributed by atoms with van der Waals surface area (Å²) in [7, 11) is 0. The van der Waals surface area contributed by atoms with Crippen molar-refractivity contribution in [3.8, 4) is 62.6 Å². The molecule has 1 aromatic heterocycles. The zero-order chi connectivity index (χ0) is 27.6. The number of rotatable bonds is 3. The summed E-state index contributed by atoms with van der Waals surface area (Å²) in [5, 5.41) is 10.0. The summed E-state index contributed by atoms with van der Waals surface area (Å²) in [5.74, 6) is 2.27. The minimum absolute atomic E-state index is 0.504. The highest BCUT2D eigenvalue weighted by atomic mass is 16.5. The molecule has 0 amide bonds. The van der Waals surface area contributed by atoms with Crippen LogP contribution in [0.4, 0.5) is 0 Å². The van der Waals surface area contributed by atoms with Gasteiger partial charge in [0.05, 0.1) is 28.4 Å². The Balaban J connectivity index is 1.36. The molecule has 1 atom stereocenters. The van der Waals surface area contributed by atoms with Crippen molar-refractivity contribution in [2.45, 2.75) is 12.3 Å². The molecule has 0 saturated heterocycles. The number of benzene rings is 5. The summed E-state index contributed by atoms with van der Waals surface area (Å²) < 4.78 is 6.38. The highest BCUT2D eigenvalue weighted by molar-refractivity contribution is 5.90. The van der Waals surface area contributed by atoms with E-state index in [9.17, 15) is 5.26 Å². The van der Waals surface area contributed by atoms with Crippen molar-refractivity contribution in [3.63, 3.8) is 0 Å². The second-order valence-electron chi connectivity index (χ2n) is 10.7. The Bertz CT molecular complexity index is 1990. The van der Waals surface area contributed by atoms with Gasteiger partial charge in [-0.25, -0.2) is 9.97 Å². The normalized spacial score (nSPS) is 15.7. The lowest BCUT2D eigenvalue weighted by molar-refractivity contribution is 0.430. The highest BCUT2D eigenvalue weighted by Gasteiger charge is 2.48. The van der Waals surface area contributed by atoms with E-state index in [1.165, 1.54) is 0 Å². The van der Waals surface area contributed by atoms with E-state index in [2.05, 4.69) is 55.5 Å². The first kappa shape index (κ1) is 23.4. The molecule has 0 fully saturated rings. The van der Waals surface area contributed by atoms with Crippen molar-refractivity contribution in [3.05, 3.63) is 144 Å². The van der Waals surface area contributed by atoms with Crippen LogP contribution in [0.5, 0.6) is 11.5 Å². The molecule has 0 saturated carbocycles. The van der Waals surface area contributed by atoms with Crippen LogP contribution in [0.1, 0.15) is 29.2 Å². The Morgan fingerprint density at radius 3 is 2.00 bits per heavy atom. The zero-order valence-corrected chi connectivity index (χ0v) is 22.3. The fraction of sp³-hybridized carbons (Fsp3) is 0.0541. The van der Waals surface area contributed by atoms with Gasteiger partial charge in [-0.15, -0.1) is 0 Å².